The molecule has 0 unspecified atom stereocenters. The van der Waals surface area contributed by atoms with E-state index in [0.717, 1.165) is 36.9 Å². The van der Waals surface area contributed by atoms with Crippen molar-refractivity contribution < 1.29 is 13.2 Å². The minimum Gasteiger partial charge on any atom is -0.312 e. The number of hydrogen-bond acceptors (Lipinski definition) is 5. The first-order chi connectivity index (χ1) is 16.3. The van der Waals surface area contributed by atoms with Crippen LogP contribution in [-0.4, -0.2) is 25.9 Å². The number of carbonyl (C=O) groups excluding carboxylic acids is 1. The molecule has 2 aliphatic rings. The molecule has 10 heteroatoms. The summed E-state index contributed by atoms with van der Waals surface area (Å²) < 4.78 is 27.6. The van der Waals surface area contributed by atoms with Crippen molar-refractivity contribution in [1.82, 2.24) is 4.98 Å². The first-order valence-corrected chi connectivity index (χ1v) is 14.2. The molecule has 3 aromatic rings. The molecule has 2 aromatic carbocycles. The smallest absolute Gasteiger partial charge is 0.263 e. The van der Waals surface area contributed by atoms with Crippen molar-refractivity contribution in [2.45, 2.75) is 36.5 Å². The summed E-state index contributed by atoms with van der Waals surface area (Å²) in [6.45, 7) is 0.636. The predicted octanol–water partition coefficient (Wildman–Crippen LogP) is 6.19. The molecule has 5 rings (SSSR count). The topological polar surface area (TPSA) is 79.4 Å². The van der Waals surface area contributed by atoms with E-state index in [1.807, 2.05) is 12.1 Å². The molecule has 0 radical (unpaired) electrons. The highest BCUT2D eigenvalue weighted by molar-refractivity contribution is 7.93. The zero-order valence-electron chi connectivity index (χ0n) is 18.2. The predicted molar refractivity (Wildman–Crippen MR) is 136 cm³/mol. The molecule has 1 amide bonds. The van der Waals surface area contributed by atoms with E-state index in [1.54, 1.807) is 28.5 Å². The average molecular weight is 537 g/mol. The maximum absolute atomic E-state index is 13.3. The monoisotopic (exact) mass is 535 g/mol. The molecule has 1 saturated carbocycles. The van der Waals surface area contributed by atoms with E-state index in [2.05, 4.69) is 9.71 Å². The highest BCUT2D eigenvalue weighted by Gasteiger charge is 2.41. The van der Waals surface area contributed by atoms with Gasteiger partial charge < -0.3 is 4.90 Å². The van der Waals surface area contributed by atoms with Gasteiger partial charge in [-0.1, -0.05) is 23.2 Å². The van der Waals surface area contributed by atoms with E-state index in [-0.39, 0.29) is 16.7 Å². The Morgan fingerprint density at radius 1 is 1.03 bits per heavy atom. The number of carbonyl (C=O) groups is 1. The van der Waals surface area contributed by atoms with Crippen LogP contribution < -0.4 is 9.62 Å². The lowest BCUT2D eigenvalue weighted by molar-refractivity contribution is -0.121. The Morgan fingerprint density at radius 3 is 2.44 bits per heavy atom. The molecule has 178 valence electrons. The number of nitrogens with zero attached hydrogens (tertiary/aromatic N) is 2. The number of aromatic nitrogens is 1. The molecule has 2 heterocycles. The standard InChI is InChI=1S/C24H23Cl2N3O3S2/c25-18-12-17(13-19(26)14-18)15-1-2-16(11-15)22-7-9-29(23(22)30)20-3-5-21(6-4-20)34(31,32)28-24-27-8-10-33-24/h3-6,8,10,12-16,22H,1-2,7,9,11H2,(H,27,28)/t15-,16-,22-/m0/s1. The second kappa shape index (κ2) is 9.49. The van der Waals surface area contributed by atoms with Gasteiger partial charge in [0, 0.05) is 39.8 Å². The second-order valence-corrected chi connectivity index (χ2v) is 12.2. The van der Waals surface area contributed by atoms with Gasteiger partial charge in [-0.25, -0.2) is 13.4 Å². The summed E-state index contributed by atoms with van der Waals surface area (Å²) in [4.78, 5) is 19.2. The van der Waals surface area contributed by atoms with E-state index in [0.29, 0.717) is 33.6 Å². The second-order valence-electron chi connectivity index (χ2n) is 8.79. The highest BCUT2D eigenvalue weighted by Crippen LogP contribution is 2.45. The van der Waals surface area contributed by atoms with E-state index >= 15 is 0 Å². The largest absolute Gasteiger partial charge is 0.312 e. The normalized spacial score (nSPS) is 22.9. The van der Waals surface area contributed by atoms with Crippen molar-refractivity contribution in [2.24, 2.45) is 11.8 Å². The van der Waals surface area contributed by atoms with Gasteiger partial charge in [0.2, 0.25) is 5.91 Å². The summed E-state index contributed by atoms with van der Waals surface area (Å²) in [5, 5.41) is 3.30. The van der Waals surface area contributed by atoms with Crippen molar-refractivity contribution in [3.05, 3.63) is 69.7 Å². The van der Waals surface area contributed by atoms with Gasteiger partial charge in [-0.2, -0.15) is 0 Å². The number of thiazole rings is 1. The lowest BCUT2D eigenvalue weighted by Gasteiger charge is -2.20. The van der Waals surface area contributed by atoms with Gasteiger partial charge in [0.15, 0.2) is 5.13 Å². The Bertz CT molecular complexity index is 1280. The SMILES string of the molecule is O=C1[C@H]([C@H]2CC[C@H](c3cc(Cl)cc(Cl)c3)C2)CCN1c1ccc(S(=O)(=O)Nc2nccs2)cc1. The Labute approximate surface area is 213 Å². The minimum atomic E-state index is -3.72. The number of anilines is 2. The zero-order valence-corrected chi connectivity index (χ0v) is 21.3. The number of amides is 1. The summed E-state index contributed by atoms with van der Waals surface area (Å²) in [5.41, 5.74) is 1.86. The van der Waals surface area contributed by atoms with Crippen molar-refractivity contribution in [1.29, 1.82) is 0 Å². The fourth-order valence-electron chi connectivity index (χ4n) is 5.14. The quantitative estimate of drug-likeness (QED) is 0.408. The van der Waals surface area contributed by atoms with Crippen LogP contribution in [0.15, 0.2) is 58.9 Å². The number of sulfonamides is 1. The van der Waals surface area contributed by atoms with E-state index < -0.39 is 10.0 Å². The van der Waals surface area contributed by atoms with Crippen molar-refractivity contribution in [3.8, 4) is 0 Å². The highest BCUT2D eigenvalue weighted by atomic mass is 35.5. The van der Waals surface area contributed by atoms with Crippen LogP contribution in [0.25, 0.3) is 0 Å². The van der Waals surface area contributed by atoms with Crippen LogP contribution in [0, 0.1) is 11.8 Å². The first kappa shape index (κ1) is 23.6. The fraction of sp³-hybridized carbons (Fsp3) is 0.333. The van der Waals surface area contributed by atoms with Crippen LogP contribution in [-0.2, 0) is 14.8 Å². The number of hydrogen-bond donors (Lipinski definition) is 1. The molecule has 6 nitrogen and oxygen atoms in total. The van der Waals surface area contributed by atoms with Crippen LogP contribution >= 0.6 is 34.5 Å². The van der Waals surface area contributed by atoms with E-state index in [9.17, 15) is 13.2 Å². The minimum absolute atomic E-state index is 0.0189. The molecule has 1 aliphatic carbocycles. The van der Waals surface area contributed by atoms with Gasteiger partial charge in [0.05, 0.1) is 4.90 Å². The van der Waals surface area contributed by atoms with Crippen LogP contribution in [0.1, 0.15) is 37.2 Å². The third kappa shape index (κ3) is 4.82. The third-order valence-electron chi connectivity index (χ3n) is 6.76. The van der Waals surface area contributed by atoms with Crippen molar-refractivity contribution in [3.63, 3.8) is 0 Å². The molecule has 0 spiro atoms. The lowest BCUT2D eigenvalue weighted by Crippen LogP contribution is -2.29. The molecule has 1 aromatic heterocycles. The Balaban J connectivity index is 1.25. The summed E-state index contributed by atoms with van der Waals surface area (Å²) in [6, 6.07) is 12.1. The molecule has 34 heavy (non-hydrogen) atoms. The van der Waals surface area contributed by atoms with Gasteiger partial charge in [-0.15, -0.1) is 11.3 Å². The Morgan fingerprint density at radius 2 is 1.76 bits per heavy atom. The molecule has 1 saturated heterocycles. The summed E-state index contributed by atoms with van der Waals surface area (Å²) in [7, 11) is -3.72. The average Bonchev–Trinajstić information content (AvgIpc) is 3.54. The molecule has 0 bridgehead atoms. The third-order valence-corrected chi connectivity index (χ3v) is 9.37. The van der Waals surface area contributed by atoms with E-state index in [4.69, 9.17) is 23.2 Å². The maximum Gasteiger partial charge on any atom is 0.263 e. The number of rotatable bonds is 6. The molecule has 1 N–H and O–H groups in total. The van der Waals surface area contributed by atoms with Crippen molar-refractivity contribution in [2.75, 3.05) is 16.2 Å². The van der Waals surface area contributed by atoms with Gasteiger partial charge in [0.1, 0.15) is 0 Å². The van der Waals surface area contributed by atoms with Gasteiger partial charge >= 0.3 is 0 Å². The summed E-state index contributed by atoms with van der Waals surface area (Å²) in [5.74, 6) is 0.779. The summed E-state index contributed by atoms with van der Waals surface area (Å²) in [6.07, 6.45) is 5.30. The molecule has 2 fully saturated rings. The van der Waals surface area contributed by atoms with Crippen molar-refractivity contribution >= 4 is 61.3 Å². The lowest BCUT2D eigenvalue weighted by atomic mass is 9.87. The number of halogens is 2. The van der Waals surface area contributed by atoms with Gasteiger partial charge in [-0.05, 0) is 85.5 Å². The Hall–Kier alpha value is -2.13. The summed E-state index contributed by atoms with van der Waals surface area (Å²) >= 11 is 13.6. The number of benzene rings is 2. The van der Waals surface area contributed by atoms with Crippen LogP contribution in [0.2, 0.25) is 10.0 Å². The van der Waals surface area contributed by atoms with Gasteiger partial charge in [0.25, 0.3) is 10.0 Å². The molecule has 3 atom stereocenters. The molecular weight excluding hydrogens is 513 g/mol. The van der Waals surface area contributed by atoms with Crippen LogP contribution in [0.5, 0.6) is 0 Å². The maximum atomic E-state index is 13.3. The number of nitrogens with one attached hydrogen (secondary N) is 1. The first-order valence-electron chi connectivity index (χ1n) is 11.1. The van der Waals surface area contributed by atoms with Crippen LogP contribution in [0.4, 0.5) is 10.8 Å². The van der Waals surface area contributed by atoms with Gasteiger partial charge in [-0.3, -0.25) is 9.52 Å². The van der Waals surface area contributed by atoms with Crippen LogP contribution in [0.3, 0.4) is 0 Å². The zero-order chi connectivity index (χ0) is 23.9. The fourth-order valence-corrected chi connectivity index (χ4v) is 7.48. The molecule has 1 aliphatic heterocycles. The van der Waals surface area contributed by atoms with E-state index in [1.165, 1.54) is 29.7 Å². The molecular formula is C24H23Cl2N3O3S2. The Kier molecular flexibility index (Phi) is 6.59.